The Morgan fingerprint density at radius 2 is 1.73 bits per heavy atom. The summed E-state index contributed by atoms with van der Waals surface area (Å²) < 4.78 is 27.9. The van der Waals surface area contributed by atoms with Gasteiger partial charge in [0.1, 0.15) is 6.54 Å². The Morgan fingerprint density at radius 1 is 1.08 bits per heavy atom. The van der Waals surface area contributed by atoms with E-state index in [-0.39, 0.29) is 28.3 Å². The number of benzene rings is 2. The van der Waals surface area contributed by atoms with Crippen LogP contribution in [-0.4, -0.2) is 24.9 Å². The van der Waals surface area contributed by atoms with Gasteiger partial charge in [0.15, 0.2) is 0 Å². The smallest absolute Gasteiger partial charge is 0.240 e. The molecule has 6 heteroatoms. The minimum absolute atomic E-state index is 0.0279. The summed E-state index contributed by atoms with van der Waals surface area (Å²) >= 11 is 0. The number of aromatic nitrogens is 1. The molecular weight excluding hydrogens is 348 g/mol. The standard InChI is InChI=1S/C20H22N2O3S/c1-14(2)21-20(23)13-22-12-19(17-6-4-5-7-18(17)22)26(24,25)16-10-8-15(3)9-11-16/h4-12,14H,13H2,1-3H3,(H,21,23). The summed E-state index contributed by atoms with van der Waals surface area (Å²) in [6, 6.07) is 14.0. The molecular formula is C20H22N2O3S. The van der Waals surface area contributed by atoms with E-state index in [2.05, 4.69) is 5.32 Å². The first-order valence-electron chi connectivity index (χ1n) is 8.48. The van der Waals surface area contributed by atoms with Gasteiger partial charge in [-0.2, -0.15) is 0 Å². The van der Waals surface area contributed by atoms with Gasteiger partial charge in [0.05, 0.1) is 9.79 Å². The Balaban J connectivity index is 2.09. The molecule has 0 radical (unpaired) electrons. The van der Waals surface area contributed by atoms with Crippen molar-refractivity contribution in [2.75, 3.05) is 0 Å². The lowest BCUT2D eigenvalue weighted by Crippen LogP contribution is -2.32. The van der Waals surface area contributed by atoms with Crippen molar-refractivity contribution in [3.63, 3.8) is 0 Å². The van der Waals surface area contributed by atoms with Crippen molar-refractivity contribution in [3.05, 3.63) is 60.3 Å². The van der Waals surface area contributed by atoms with Crippen molar-refractivity contribution >= 4 is 26.6 Å². The lowest BCUT2D eigenvalue weighted by Gasteiger charge is -2.09. The summed E-state index contributed by atoms with van der Waals surface area (Å²) in [6.45, 7) is 5.76. The van der Waals surface area contributed by atoms with Gasteiger partial charge in [-0.1, -0.05) is 35.9 Å². The van der Waals surface area contributed by atoms with Gasteiger partial charge in [-0.05, 0) is 39.0 Å². The van der Waals surface area contributed by atoms with Gasteiger partial charge in [-0.15, -0.1) is 0 Å². The molecule has 1 aromatic heterocycles. The highest BCUT2D eigenvalue weighted by atomic mass is 32.2. The van der Waals surface area contributed by atoms with E-state index in [1.807, 2.05) is 32.9 Å². The maximum atomic E-state index is 13.1. The molecule has 0 spiro atoms. The largest absolute Gasteiger partial charge is 0.352 e. The molecule has 0 fully saturated rings. The van der Waals surface area contributed by atoms with Gasteiger partial charge in [0.2, 0.25) is 15.7 Å². The van der Waals surface area contributed by atoms with Crippen molar-refractivity contribution in [1.82, 2.24) is 9.88 Å². The summed E-state index contributed by atoms with van der Waals surface area (Å²) in [5.74, 6) is -0.153. The molecule has 0 bridgehead atoms. The van der Waals surface area contributed by atoms with Crippen molar-refractivity contribution in [2.45, 2.75) is 43.1 Å². The number of nitrogens with one attached hydrogen (secondary N) is 1. The number of sulfone groups is 1. The number of para-hydroxylation sites is 1. The molecule has 0 aliphatic carbocycles. The van der Waals surface area contributed by atoms with Crippen LogP contribution in [0.2, 0.25) is 0 Å². The van der Waals surface area contributed by atoms with Crippen LogP contribution in [-0.2, 0) is 21.2 Å². The van der Waals surface area contributed by atoms with Gasteiger partial charge < -0.3 is 9.88 Å². The zero-order chi connectivity index (χ0) is 18.9. The maximum Gasteiger partial charge on any atom is 0.240 e. The van der Waals surface area contributed by atoms with Crippen molar-refractivity contribution in [2.24, 2.45) is 0 Å². The minimum Gasteiger partial charge on any atom is -0.352 e. The second-order valence-corrected chi connectivity index (χ2v) is 8.60. The Hall–Kier alpha value is -2.60. The van der Waals surface area contributed by atoms with E-state index in [0.717, 1.165) is 11.1 Å². The number of nitrogens with zero attached hydrogens (tertiary/aromatic N) is 1. The molecule has 2 aromatic carbocycles. The van der Waals surface area contributed by atoms with Crippen LogP contribution in [0.5, 0.6) is 0 Å². The summed E-state index contributed by atoms with van der Waals surface area (Å²) in [5.41, 5.74) is 1.72. The summed E-state index contributed by atoms with van der Waals surface area (Å²) in [6.07, 6.45) is 1.56. The third-order valence-electron chi connectivity index (χ3n) is 4.14. The highest BCUT2D eigenvalue weighted by Gasteiger charge is 2.23. The van der Waals surface area contributed by atoms with Crippen molar-refractivity contribution < 1.29 is 13.2 Å². The monoisotopic (exact) mass is 370 g/mol. The van der Waals surface area contributed by atoms with Gasteiger partial charge in [-0.3, -0.25) is 4.79 Å². The number of aryl methyl sites for hydroxylation is 1. The number of carbonyl (C=O) groups excluding carboxylic acids is 1. The first-order chi connectivity index (χ1) is 12.3. The van der Waals surface area contributed by atoms with Crippen LogP contribution in [0.4, 0.5) is 0 Å². The number of amides is 1. The number of fused-ring (bicyclic) bond motifs is 1. The summed E-state index contributed by atoms with van der Waals surface area (Å²) in [4.78, 5) is 12.6. The molecule has 1 heterocycles. The maximum absolute atomic E-state index is 13.1. The van der Waals surface area contributed by atoms with E-state index in [0.29, 0.717) is 5.39 Å². The molecule has 3 rings (SSSR count). The molecule has 0 saturated carbocycles. The number of rotatable bonds is 5. The topological polar surface area (TPSA) is 68.2 Å². The Morgan fingerprint density at radius 3 is 2.38 bits per heavy atom. The lowest BCUT2D eigenvalue weighted by molar-refractivity contribution is -0.122. The highest BCUT2D eigenvalue weighted by Crippen LogP contribution is 2.30. The van der Waals surface area contributed by atoms with E-state index in [1.165, 1.54) is 0 Å². The van der Waals surface area contributed by atoms with Gasteiger partial charge in [0, 0.05) is 23.1 Å². The van der Waals surface area contributed by atoms with Crippen LogP contribution in [0.15, 0.2) is 64.5 Å². The Bertz CT molecular complexity index is 1050. The molecule has 136 valence electrons. The van der Waals surface area contributed by atoms with E-state index in [4.69, 9.17) is 0 Å². The average molecular weight is 370 g/mol. The molecule has 0 aliphatic rings. The Labute approximate surface area is 153 Å². The third-order valence-corrected chi connectivity index (χ3v) is 5.93. The molecule has 0 aliphatic heterocycles. The van der Waals surface area contributed by atoms with Gasteiger partial charge in [0.25, 0.3) is 0 Å². The fourth-order valence-corrected chi connectivity index (χ4v) is 4.40. The SMILES string of the molecule is Cc1ccc(S(=O)(=O)c2cn(CC(=O)NC(C)C)c3ccccc23)cc1. The van der Waals surface area contributed by atoms with Crippen LogP contribution in [0.3, 0.4) is 0 Å². The van der Waals surface area contributed by atoms with E-state index >= 15 is 0 Å². The molecule has 0 saturated heterocycles. The first-order valence-corrected chi connectivity index (χ1v) is 9.96. The van der Waals surface area contributed by atoms with Crippen LogP contribution in [0.1, 0.15) is 19.4 Å². The zero-order valence-corrected chi connectivity index (χ0v) is 15.9. The Kier molecular flexibility index (Phi) is 4.87. The van der Waals surface area contributed by atoms with Gasteiger partial charge in [-0.25, -0.2) is 8.42 Å². The molecule has 0 unspecified atom stereocenters. The molecule has 3 aromatic rings. The van der Waals surface area contributed by atoms with E-state index in [1.54, 1.807) is 47.2 Å². The highest BCUT2D eigenvalue weighted by molar-refractivity contribution is 7.91. The normalized spacial score (nSPS) is 11.8. The van der Waals surface area contributed by atoms with Crippen LogP contribution in [0.25, 0.3) is 10.9 Å². The third kappa shape index (κ3) is 3.51. The molecule has 5 nitrogen and oxygen atoms in total. The molecule has 0 atom stereocenters. The molecule has 26 heavy (non-hydrogen) atoms. The fourth-order valence-electron chi connectivity index (χ4n) is 2.92. The first kappa shape index (κ1) is 18.2. The predicted molar refractivity (Wildman–Crippen MR) is 102 cm³/mol. The second kappa shape index (κ2) is 6.96. The average Bonchev–Trinajstić information content (AvgIpc) is 2.94. The quantitative estimate of drug-likeness (QED) is 0.749. The zero-order valence-electron chi connectivity index (χ0n) is 15.1. The molecule has 1 amide bonds. The van der Waals surface area contributed by atoms with Crippen molar-refractivity contribution in [3.8, 4) is 0 Å². The lowest BCUT2D eigenvalue weighted by atomic mass is 10.2. The van der Waals surface area contributed by atoms with Gasteiger partial charge >= 0.3 is 0 Å². The van der Waals surface area contributed by atoms with Crippen LogP contribution in [0, 0.1) is 6.92 Å². The predicted octanol–water partition coefficient (Wildman–Crippen LogP) is 3.31. The van der Waals surface area contributed by atoms with Crippen LogP contribution < -0.4 is 5.32 Å². The minimum atomic E-state index is -3.67. The number of carbonyl (C=O) groups is 1. The molecule has 1 N–H and O–H groups in total. The van der Waals surface area contributed by atoms with Crippen molar-refractivity contribution in [1.29, 1.82) is 0 Å². The van der Waals surface area contributed by atoms with Crippen LogP contribution >= 0.6 is 0 Å². The van der Waals surface area contributed by atoms with E-state index < -0.39 is 9.84 Å². The number of hydrogen-bond donors (Lipinski definition) is 1. The fraction of sp³-hybridized carbons (Fsp3) is 0.250. The summed E-state index contributed by atoms with van der Waals surface area (Å²) in [5, 5.41) is 3.45. The number of hydrogen-bond acceptors (Lipinski definition) is 3. The summed E-state index contributed by atoms with van der Waals surface area (Å²) in [7, 11) is -3.67. The van der Waals surface area contributed by atoms with E-state index in [9.17, 15) is 13.2 Å². The second-order valence-electron chi connectivity index (χ2n) is 6.68.